The number of rotatable bonds is 5. The Kier molecular flexibility index (Phi) is 5.76. The summed E-state index contributed by atoms with van der Waals surface area (Å²) in [7, 11) is 1.59. The van der Waals surface area contributed by atoms with Gasteiger partial charge in [-0.2, -0.15) is 5.10 Å². The fourth-order valence-electron chi connectivity index (χ4n) is 2.89. The normalized spacial score (nSPS) is 11.0. The average Bonchev–Trinajstić information content (AvgIpc) is 2.96. The number of carbonyl (C=O) groups excluding carboxylic acids is 1. The molecule has 0 aliphatic rings. The summed E-state index contributed by atoms with van der Waals surface area (Å²) in [5, 5.41) is 4.11. The van der Waals surface area contributed by atoms with Gasteiger partial charge >= 0.3 is 0 Å². The van der Waals surface area contributed by atoms with Gasteiger partial charge < -0.3 is 9.30 Å². The number of hydrogen-bond acceptors (Lipinski definition) is 3. The van der Waals surface area contributed by atoms with Crippen molar-refractivity contribution in [2.45, 2.75) is 13.8 Å². The lowest BCUT2D eigenvalue weighted by Gasteiger charge is -2.11. The van der Waals surface area contributed by atoms with E-state index in [1.807, 2.05) is 38.1 Å². The van der Waals surface area contributed by atoms with Crippen LogP contribution in [0.15, 0.2) is 64.2 Å². The van der Waals surface area contributed by atoms with Gasteiger partial charge in [0.15, 0.2) is 0 Å². The number of nitrogens with zero attached hydrogens (tertiary/aromatic N) is 2. The number of ether oxygens (including phenoxy) is 1. The SMILES string of the molecule is COc1ccc(C(=O)N/N=C\c2cc(C)n(-c3ccccc3Br)c2C)cc1. The Bertz CT molecular complexity index is 991. The van der Waals surface area contributed by atoms with Crippen LogP contribution in [0.25, 0.3) is 5.69 Å². The third kappa shape index (κ3) is 4.11. The van der Waals surface area contributed by atoms with E-state index >= 15 is 0 Å². The third-order valence-electron chi connectivity index (χ3n) is 4.29. The van der Waals surface area contributed by atoms with E-state index in [4.69, 9.17) is 4.74 Å². The summed E-state index contributed by atoms with van der Waals surface area (Å²) in [6.07, 6.45) is 1.66. The molecule has 0 radical (unpaired) electrons. The number of aromatic nitrogens is 1. The zero-order valence-electron chi connectivity index (χ0n) is 15.4. The van der Waals surface area contributed by atoms with Crippen LogP contribution in [-0.4, -0.2) is 23.8 Å². The van der Waals surface area contributed by atoms with Crippen LogP contribution in [0.5, 0.6) is 5.75 Å². The van der Waals surface area contributed by atoms with E-state index in [-0.39, 0.29) is 5.91 Å². The maximum atomic E-state index is 12.2. The largest absolute Gasteiger partial charge is 0.497 e. The highest BCUT2D eigenvalue weighted by Crippen LogP contribution is 2.26. The first-order valence-electron chi connectivity index (χ1n) is 8.42. The van der Waals surface area contributed by atoms with Gasteiger partial charge in [-0.1, -0.05) is 12.1 Å². The summed E-state index contributed by atoms with van der Waals surface area (Å²) in [5.41, 5.74) is 7.22. The number of hydrogen-bond donors (Lipinski definition) is 1. The van der Waals surface area contributed by atoms with Gasteiger partial charge in [0, 0.05) is 27.0 Å². The molecule has 1 heterocycles. The smallest absolute Gasteiger partial charge is 0.271 e. The Labute approximate surface area is 166 Å². The highest BCUT2D eigenvalue weighted by atomic mass is 79.9. The van der Waals surface area contributed by atoms with Crippen molar-refractivity contribution in [1.29, 1.82) is 0 Å². The van der Waals surface area contributed by atoms with Crippen LogP contribution in [0.1, 0.15) is 27.3 Å². The number of carbonyl (C=O) groups is 1. The number of halogens is 1. The van der Waals surface area contributed by atoms with Crippen LogP contribution in [0.2, 0.25) is 0 Å². The molecule has 3 rings (SSSR count). The standard InChI is InChI=1S/C21H20BrN3O2/c1-14-12-17(15(2)25(14)20-7-5-4-6-19(20)22)13-23-24-21(26)16-8-10-18(27-3)11-9-16/h4-13H,1-3H3,(H,24,26)/b23-13-. The summed E-state index contributed by atoms with van der Waals surface area (Å²) in [4.78, 5) is 12.2. The van der Waals surface area contributed by atoms with E-state index in [0.717, 1.165) is 27.1 Å². The van der Waals surface area contributed by atoms with Crippen molar-refractivity contribution >= 4 is 28.1 Å². The van der Waals surface area contributed by atoms with Crippen molar-refractivity contribution < 1.29 is 9.53 Å². The second-order valence-corrected chi connectivity index (χ2v) is 6.90. The Balaban J connectivity index is 1.77. The van der Waals surface area contributed by atoms with Crippen LogP contribution >= 0.6 is 15.9 Å². The number of hydrazone groups is 1. The average molecular weight is 426 g/mol. The summed E-state index contributed by atoms with van der Waals surface area (Å²) >= 11 is 3.60. The van der Waals surface area contributed by atoms with Gasteiger partial charge in [0.2, 0.25) is 0 Å². The lowest BCUT2D eigenvalue weighted by atomic mass is 10.2. The van der Waals surface area contributed by atoms with Crippen LogP contribution < -0.4 is 10.2 Å². The van der Waals surface area contributed by atoms with E-state index in [1.165, 1.54) is 0 Å². The van der Waals surface area contributed by atoms with E-state index in [0.29, 0.717) is 11.3 Å². The molecular weight excluding hydrogens is 406 g/mol. The fraction of sp³-hybridized carbons (Fsp3) is 0.143. The second-order valence-electron chi connectivity index (χ2n) is 6.04. The van der Waals surface area contributed by atoms with E-state index in [1.54, 1.807) is 37.6 Å². The summed E-state index contributed by atoms with van der Waals surface area (Å²) in [6, 6.07) is 17.0. The van der Waals surface area contributed by atoms with Crippen molar-refractivity contribution in [3.8, 4) is 11.4 Å². The van der Waals surface area contributed by atoms with Crippen molar-refractivity contribution in [2.75, 3.05) is 7.11 Å². The Morgan fingerprint density at radius 1 is 1.15 bits per heavy atom. The first-order chi connectivity index (χ1) is 13.0. The minimum absolute atomic E-state index is 0.270. The van der Waals surface area contributed by atoms with Crippen molar-refractivity contribution in [1.82, 2.24) is 9.99 Å². The quantitative estimate of drug-likeness (QED) is 0.478. The third-order valence-corrected chi connectivity index (χ3v) is 4.96. The molecule has 3 aromatic rings. The molecule has 0 bridgehead atoms. The van der Waals surface area contributed by atoms with Gasteiger partial charge in [0.1, 0.15) is 5.75 Å². The number of methoxy groups -OCH3 is 1. The summed E-state index contributed by atoms with van der Waals surface area (Å²) in [6.45, 7) is 4.07. The molecule has 2 aromatic carbocycles. The van der Waals surface area contributed by atoms with Crippen LogP contribution in [0.4, 0.5) is 0 Å². The van der Waals surface area contributed by atoms with Gasteiger partial charge in [-0.15, -0.1) is 0 Å². The number of benzene rings is 2. The predicted octanol–water partition coefficient (Wildman–Crippen LogP) is 4.63. The lowest BCUT2D eigenvalue weighted by molar-refractivity contribution is 0.0955. The minimum atomic E-state index is -0.270. The van der Waals surface area contributed by atoms with Crippen molar-refractivity contribution in [3.63, 3.8) is 0 Å². The molecule has 1 amide bonds. The molecule has 0 aliphatic heterocycles. The molecule has 6 heteroatoms. The molecule has 0 saturated heterocycles. The zero-order chi connectivity index (χ0) is 19.4. The molecule has 1 aromatic heterocycles. The maximum absolute atomic E-state index is 12.2. The molecular formula is C21H20BrN3O2. The van der Waals surface area contributed by atoms with Crippen LogP contribution in [-0.2, 0) is 0 Å². The van der Waals surface area contributed by atoms with E-state index < -0.39 is 0 Å². The van der Waals surface area contributed by atoms with Gasteiger partial charge in [-0.25, -0.2) is 5.43 Å². The molecule has 0 saturated carbocycles. The molecule has 138 valence electrons. The number of amides is 1. The predicted molar refractivity (Wildman–Crippen MR) is 111 cm³/mol. The summed E-state index contributed by atoms with van der Waals surface area (Å²) in [5.74, 6) is 0.433. The molecule has 27 heavy (non-hydrogen) atoms. The highest BCUT2D eigenvalue weighted by Gasteiger charge is 2.11. The monoisotopic (exact) mass is 425 g/mol. The molecule has 1 N–H and O–H groups in total. The van der Waals surface area contributed by atoms with E-state index in [9.17, 15) is 4.79 Å². The maximum Gasteiger partial charge on any atom is 0.271 e. The fourth-order valence-corrected chi connectivity index (χ4v) is 3.35. The molecule has 0 atom stereocenters. The minimum Gasteiger partial charge on any atom is -0.497 e. The van der Waals surface area contributed by atoms with Gasteiger partial charge in [-0.3, -0.25) is 4.79 Å². The van der Waals surface area contributed by atoms with Crippen LogP contribution in [0.3, 0.4) is 0 Å². The number of nitrogens with one attached hydrogen (secondary N) is 1. The second kappa shape index (κ2) is 8.22. The highest BCUT2D eigenvalue weighted by molar-refractivity contribution is 9.10. The first-order valence-corrected chi connectivity index (χ1v) is 9.22. The van der Waals surface area contributed by atoms with Crippen molar-refractivity contribution in [2.24, 2.45) is 5.10 Å². The van der Waals surface area contributed by atoms with E-state index in [2.05, 4.69) is 37.1 Å². The Morgan fingerprint density at radius 3 is 2.52 bits per heavy atom. The van der Waals surface area contributed by atoms with Crippen LogP contribution in [0, 0.1) is 13.8 Å². The summed E-state index contributed by atoms with van der Waals surface area (Å²) < 4.78 is 8.26. The lowest BCUT2D eigenvalue weighted by Crippen LogP contribution is -2.17. The van der Waals surface area contributed by atoms with Crippen molar-refractivity contribution in [3.05, 3.63) is 81.6 Å². The van der Waals surface area contributed by atoms with Gasteiger partial charge in [-0.05, 0) is 72.2 Å². The Hall–Kier alpha value is -2.86. The molecule has 0 spiro atoms. The van der Waals surface area contributed by atoms with Gasteiger partial charge in [0.25, 0.3) is 5.91 Å². The Morgan fingerprint density at radius 2 is 1.85 bits per heavy atom. The zero-order valence-corrected chi connectivity index (χ0v) is 16.9. The van der Waals surface area contributed by atoms with Gasteiger partial charge in [0.05, 0.1) is 19.0 Å². The first kappa shape index (κ1) is 18.9. The number of para-hydroxylation sites is 1. The number of aryl methyl sites for hydroxylation is 1. The topological polar surface area (TPSA) is 55.6 Å². The molecule has 0 aliphatic carbocycles. The molecule has 0 unspecified atom stereocenters. The molecule has 5 nitrogen and oxygen atoms in total. The molecule has 0 fully saturated rings.